The molecular formula is C18H21ClN4O3. The molecule has 1 fully saturated rings. The van der Waals surface area contributed by atoms with Crippen molar-refractivity contribution in [2.75, 3.05) is 25.6 Å². The largest absolute Gasteiger partial charge is 0.495 e. The molecule has 2 heterocycles. The Kier molecular flexibility index (Phi) is 5.90. The summed E-state index contributed by atoms with van der Waals surface area (Å²) in [6.07, 6.45) is 2.08. The number of nitrogens with one attached hydrogen (secondary N) is 2. The van der Waals surface area contributed by atoms with Crippen molar-refractivity contribution in [1.82, 2.24) is 15.3 Å². The SMILES string of the molecule is COc1ccc(Nc2nc(C)cc(C(=O)NCC3CCCO3)n2)cc1Cl. The van der Waals surface area contributed by atoms with E-state index in [1.165, 1.54) is 0 Å². The van der Waals surface area contributed by atoms with Crippen molar-refractivity contribution in [2.45, 2.75) is 25.9 Å². The van der Waals surface area contributed by atoms with E-state index in [0.717, 1.165) is 19.4 Å². The molecule has 0 saturated carbocycles. The van der Waals surface area contributed by atoms with Crippen molar-refractivity contribution < 1.29 is 14.3 Å². The van der Waals surface area contributed by atoms with E-state index < -0.39 is 0 Å². The molecule has 1 aliphatic rings. The molecule has 1 amide bonds. The van der Waals surface area contributed by atoms with Crippen LogP contribution in [0.3, 0.4) is 0 Å². The summed E-state index contributed by atoms with van der Waals surface area (Å²) in [5, 5.41) is 6.40. The smallest absolute Gasteiger partial charge is 0.270 e. The first-order valence-corrected chi connectivity index (χ1v) is 8.79. The third-order valence-corrected chi connectivity index (χ3v) is 4.30. The maximum atomic E-state index is 12.4. The predicted octanol–water partition coefficient (Wildman–Crippen LogP) is 3.10. The summed E-state index contributed by atoms with van der Waals surface area (Å²) in [5.74, 6) is 0.659. The predicted molar refractivity (Wildman–Crippen MR) is 99.4 cm³/mol. The molecule has 8 heteroatoms. The van der Waals surface area contributed by atoms with Crippen LogP contribution < -0.4 is 15.4 Å². The van der Waals surface area contributed by atoms with Gasteiger partial charge in [-0.3, -0.25) is 4.79 Å². The number of nitrogens with zero attached hydrogens (tertiary/aromatic N) is 2. The maximum absolute atomic E-state index is 12.4. The second-order valence-corrected chi connectivity index (χ2v) is 6.44. The molecule has 1 saturated heterocycles. The number of methoxy groups -OCH3 is 1. The van der Waals surface area contributed by atoms with Gasteiger partial charge in [0.2, 0.25) is 5.95 Å². The third kappa shape index (κ3) is 4.62. The van der Waals surface area contributed by atoms with E-state index in [9.17, 15) is 4.79 Å². The zero-order valence-corrected chi connectivity index (χ0v) is 15.5. The minimum Gasteiger partial charge on any atom is -0.495 e. The fraction of sp³-hybridized carbons (Fsp3) is 0.389. The van der Waals surface area contributed by atoms with Crippen LogP contribution in [0.2, 0.25) is 5.02 Å². The number of hydrogen-bond donors (Lipinski definition) is 2. The highest BCUT2D eigenvalue weighted by Gasteiger charge is 2.18. The van der Waals surface area contributed by atoms with Gasteiger partial charge in [0.1, 0.15) is 11.4 Å². The Morgan fingerprint density at radius 2 is 2.23 bits per heavy atom. The Morgan fingerprint density at radius 1 is 1.38 bits per heavy atom. The normalized spacial score (nSPS) is 16.3. The number of ether oxygens (including phenoxy) is 2. The highest BCUT2D eigenvalue weighted by atomic mass is 35.5. The first-order valence-electron chi connectivity index (χ1n) is 8.41. The van der Waals surface area contributed by atoms with E-state index in [2.05, 4.69) is 20.6 Å². The molecule has 0 spiro atoms. The van der Waals surface area contributed by atoms with Crippen LogP contribution in [0.4, 0.5) is 11.6 Å². The molecule has 2 N–H and O–H groups in total. The third-order valence-electron chi connectivity index (χ3n) is 4.01. The molecule has 1 aliphatic heterocycles. The minimum atomic E-state index is -0.248. The second-order valence-electron chi connectivity index (χ2n) is 6.04. The van der Waals surface area contributed by atoms with Crippen molar-refractivity contribution in [3.8, 4) is 5.75 Å². The summed E-state index contributed by atoms with van der Waals surface area (Å²) >= 11 is 6.13. The lowest BCUT2D eigenvalue weighted by molar-refractivity contribution is 0.0853. The van der Waals surface area contributed by atoms with E-state index in [1.807, 2.05) is 6.92 Å². The van der Waals surface area contributed by atoms with Crippen LogP contribution in [-0.4, -0.2) is 42.2 Å². The number of carbonyl (C=O) groups is 1. The summed E-state index contributed by atoms with van der Waals surface area (Å²) in [7, 11) is 1.56. The quantitative estimate of drug-likeness (QED) is 0.805. The van der Waals surface area contributed by atoms with Crippen LogP contribution in [0.15, 0.2) is 24.3 Å². The van der Waals surface area contributed by atoms with Gasteiger partial charge in [-0.25, -0.2) is 9.97 Å². The van der Waals surface area contributed by atoms with E-state index in [4.69, 9.17) is 21.1 Å². The van der Waals surface area contributed by atoms with Crippen LogP contribution in [-0.2, 0) is 4.74 Å². The van der Waals surface area contributed by atoms with Crippen molar-refractivity contribution in [3.05, 3.63) is 40.7 Å². The van der Waals surface area contributed by atoms with Gasteiger partial charge in [0.25, 0.3) is 5.91 Å². The van der Waals surface area contributed by atoms with Gasteiger partial charge in [-0.2, -0.15) is 0 Å². The Balaban J connectivity index is 1.70. The fourth-order valence-electron chi connectivity index (χ4n) is 2.72. The topological polar surface area (TPSA) is 85.4 Å². The van der Waals surface area contributed by atoms with Crippen LogP contribution in [0.25, 0.3) is 0 Å². The van der Waals surface area contributed by atoms with Gasteiger partial charge >= 0.3 is 0 Å². The molecular weight excluding hydrogens is 356 g/mol. The molecule has 138 valence electrons. The highest BCUT2D eigenvalue weighted by Crippen LogP contribution is 2.28. The van der Waals surface area contributed by atoms with Crippen molar-refractivity contribution in [3.63, 3.8) is 0 Å². The summed E-state index contributed by atoms with van der Waals surface area (Å²) < 4.78 is 10.6. The maximum Gasteiger partial charge on any atom is 0.270 e. The Morgan fingerprint density at radius 3 is 2.92 bits per heavy atom. The number of rotatable bonds is 6. The molecule has 2 aromatic rings. The number of halogens is 1. The van der Waals surface area contributed by atoms with Crippen LogP contribution in [0.5, 0.6) is 5.75 Å². The minimum absolute atomic E-state index is 0.0842. The zero-order chi connectivity index (χ0) is 18.5. The number of carbonyl (C=O) groups excluding carboxylic acids is 1. The molecule has 1 atom stereocenters. The molecule has 0 radical (unpaired) electrons. The van der Waals surface area contributed by atoms with Gasteiger partial charge in [-0.15, -0.1) is 0 Å². The number of aryl methyl sites for hydroxylation is 1. The molecule has 0 bridgehead atoms. The highest BCUT2D eigenvalue weighted by molar-refractivity contribution is 6.32. The molecule has 1 aromatic heterocycles. The molecule has 26 heavy (non-hydrogen) atoms. The van der Waals surface area contributed by atoms with E-state index in [1.54, 1.807) is 31.4 Å². The van der Waals surface area contributed by atoms with Gasteiger partial charge in [0.05, 0.1) is 18.2 Å². The molecule has 7 nitrogen and oxygen atoms in total. The van der Waals surface area contributed by atoms with Gasteiger partial charge in [0, 0.05) is 24.5 Å². The number of benzene rings is 1. The molecule has 1 aromatic carbocycles. The van der Waals surface area contributed by atoms with Gasteiger partial charge in [-0.1, -0.05) is 11.6 Å². The lowest BCUT2D eigenvalue weighted by atomic mass is 10.2. The number of anilines is 2. The first-order chi connectivity index (χ1) is 12.5. The molecule has 1 unspecified atom stereocenters. The Hall–Kier alpha value is -2.38. The van der Waals surface area contributed by atoms with Gasteiger partial charge in [0.15, 0.2) is 0 Å². The summed E-state index contributed by atoms with van der Waals surface area (Å²) in [6, 6.07) is 6.91. The lowest BCUT2D eigenvalue weighted by Crippen LogP contribution is -2.32. The van der Waals surface area contributed by atoms with E-state index >= 15 is 0 Å². The fourth-order valence-corrected chi connectivity index (χ4v) is 2.97. The van der Waals surface area contributed by atoms with Crippen molar-refractivity contribution in [1.29, 1.82) is 0 Å². The van der Waals surface area contributed by atoms with Crippen LogP contribution in [0, 0.1) is 6.92 Å². The van der Waals surface area contributed by atoms with Crippen molar-refractivity contribution in [2.24, 2.45) is 0 Å². The zero-order valence-electron chi connectivity index (χ0n) is 14.7. The number of amides is 1. The number of aromatic nitrogens is 2. The molecule has 3 rings (SSSR count). The van der Waals surface area contributed by atoms with Crippen molar-refractivity contribution >= 4 is 29.1 Å². The Labute approximate surface area is 157 Å². The number of hydrogen-bond acceptors (Lipinski definition) is 6. The monoisotopic (exact) mass is 376 g/mol. The van der Waals surface area contributed by atoms with Crippen LogP contribution in [0.1, 0.15) is 29.0 Å². The summed E-state index contributed by atoms with van der Waals surface area (Å²) in [6.45, 7) is 3.05. The average Bonchev–Trinajstić information content (AvgIpc) is 3.13. The standard InChI is InChI=1S/C18H21ClN4O3/c1-11-8-15(17(24)20-10-13-4-3-7-26-13)23-18(21-11)22-12-5-6-16(25-2)14(19)9-12/h5-6,8-9,13H,3-4,7,10H2,1-2H3,(H,20,24)(H,21,22,23). The Bertz CT molecular complexity index is 794. The van der Waals surface area contributed by atoms with Gasteiger partial charge < -0.3 is 20.1 Å². The molecule has 0 aliphatic carbocycles. The lowest BCUT2D eigenvalue weighted by Gasteiger charge is -2.12. The average molecular weight is 377 g/mol. The van der Waals surface area contributed by atoms with E-state index in [-0.39, 0.29) is 12.0 Å². The van der Waals surface area contributed by atoms with Crippen LogP contribution >= 0.6 is 11.6 Å². The summed E-state index contributed by atoms with van der Waals surface area (Å²) in [5.41, 5.74) is 1.69. The second kappa shape index (κ2) is 8.33. The first kappa shape index (κ1) is 18.4. The summed E-state index contributed by atoms with van der Waals surface area (Å²) in [4.78, 5) is 21.0. The van der Waals surface area contributed by atoms with Gasteiger partial charge in [-0.05, 0) is 44.0 Å². The van der Waals surface area contributed by atoms with E-state index in [0.29, 0.717) is 40.3 Å².